The lowest BCUT2D eigenvalue weighted by atomic mass is 9.86. The van der Waals surface area contributed by atoms with Gasteiger partial charge >= 0.3 is 0 Å². The molecule has 7 aromatic heterocycles. The third-order valence-electron chi connectivity index (χ3n) is 18.6. The number of hydrogen-bond donors (Lipinski definition) is 0. The van der Waals surface area contributed by atoms with Crippen LogP contribution in [0.3, 0.4) is 0 Å². The molecule has 6 fully saturated rings. The summed E-state index contributed by atoms with van der Waals surface area (Å²) in [6.45, 7) is 1.91. The molecule has 0 saturated carbocycles. The van der Waals surface area contributed by atoms with Gasteiger partial charge in [-0.2, -0.15) is 30.0 Å². The van der Waals surface area contributed by atoms with Crippen LogP contribution in [-0.2, 0) is 19.3 Å². The second-order valence-electron chi connectivity index (χ2n) is 23.7. The van der Waals surface area contributed by atoms with Crippen LogP contribution >= 0.6 is 27.5 Å². The van der Waals surface area contributed by atoms with E-state index in [2.05, 4.69) is 93.1 Å². The number of nitrogens with zero attached hydrogens (tertiary/aromatic N) is 15. The molecule has 0 spiro atoms. The SMILES string of the molecule is Cc1ccc(-c2ncccn2)c(C(=O)N2C3CCC2C(Cc2ccc(Br)cn2)C3)n1.O=C(c1ccccc1-n1nccn1)N1C2CCC1C(Cc1ccccn1)C2.O=C(c1ccccc1-n1nccn1)N1C2CCC1C(Cc1nc3cc(Cl)ccc3o1)C2. The quantitative estimate of drug-likeness (QED) is 0.111. The van der Waals surface area contributed by atoms with Crippen molar-refractivity contribution in [1.29, 1.82) is 0 Å². The first-order valence-corrected chi connectivity index (χ1v) is 31.5. The Kier molecular flexibility index (Phi) is 16.0. The van der Waals surface area contributed by atoms with Gasteiger partial charge in [0.15, 0.2) is 17.3 Å². The van der Waals surface area contributed by atoms with Gasteiger partial charge in [-0.05, 0) is 196 Å². The number of hydrogen-bond acceptors (Lipinski definition) is 14. The number of aryl methyl sites for hydroxylation is 1. The molecule has 19 nitrogen and oxygen atoms in total. The standard InChI is InChI=1S/C23H22BrN5O.C23H20ClN5O2.C21H21N5O/c1-14-3-7-19(22-25-9-2-10-26-22)21(28-14)23(30)29-18-6-8-20(29)15(12-18)11-17-5-4-16(24)13-27-17;24-15-5-8-21-18(13-15)27-22(31-21)12-14-11-16-6-7-19(14)28(16)23(30)17-3-1-2-4-20(17)29-25-9-10-26-29;27-21(18-6-1-2-7-20(18)26-23-11-12-24-26)25-17-8-9-19(25)15(14-17)13-16-5-3-4-10-22-16/h2-5,7,9-10,13,15,18,20H,6,8,11-12H2,1H3;1-5,8-10,13-14,16,19H,6-7,11-12H2;1-7,10-12,15,17,19H,8-9,13-14H2. The number of carbonyl (C=O) groups is 3. The van der Waals surface area contributed by atoms with E-state index in [0.29, 0.717) is 74.6 Å². The van der Waals surface area contributed by atoms with E-state index < -0.39 is 0 Å². The lowest BCUT2D eigenvalue weighted by molar-refractivity contribution is 0.0706. The minimum Gasteiger partial charge on any atom is -0.441 e. The van der Waals surface area contributed by atoms with Gasteiger partial charge in [0.1, 0.15) is 11.2 Å². The molecular weight excluding hydrogens is 1190 g/mol. The lowest BCUT2D eigenvalue weighted by Crippen LogP contribution is -2.37. The fourth-order valence-corrected chi connectivity index (χ4v) is 15.3. The minimum atomic E-state index is -0.0000756. The van der Waals surface area contributed by atoms with Gasteiger partial charge in [-0.15, -0.1) is 0 Å². The fourth-order valence-electron chi connectivity index (χ4n) is 14.9. The van der Waals surface area contributed by atoms with Crippen molar-refractivity contribution in [3.8, 4) is 22.8 Å². The van der Waals surface area contributed by atoms with E-state index in [4.69, 9.17) is 16.0 Å². The highest BCUT2D eigenvalue weighted by molar-refractivity contribution is 9.10. The molecule has 6 aliphatic rings. The topological polar surface area (TPSA) is 213 Å². The van der Waals surface area contributed by atoms with E-state index in [1.165, 1.54) is 9.59 Å². The highest BCUT2D eigenvalue weighted by Gasteiger charge is 2.52. The Balaban J connectivity index is 0.000000116. The van der Waals surface area contributed by atoms with Gasteiger partial charge in [-0.25, -0.2) is 19.9 Å². The molecule has 9 atom stereocenters. The van der Waals surface area contributed by atoms with Crippen molar-refractivity contribution in [3.63, 3.8) is 0 Å². The van der Waals surface area contributed by atoms with Crippen LogP contribution in [0.15, 0.2) is 174 Å². The largest absolute Gasteiger partial charge is 0.441 e. The number of rotatable bonds is 12. The zero-order valence-electron chi connectivity index (χ0n) is 48.4. The van der Waals surface area contributed by atoms with Gasteiger partial charge in [0, 0.05) is 94.0 Å². The third-order valence-corrected chi connectivity index (χ3v) is 19.3. The Bertz CT molecular complexity index is 4120. The number of amides is 3. The molecule has 9 unspecified atom stereocenters. The Hall–Kier alpha value is -8.88. The summed E-state index contributed by atoms with van der Waals surface area (Å²) in [6, 6.07) is 37.9. The highest BCUT2D eigenvalue weighted by Crippen LogP contribution is 2.47. The van der Waals surface area contributed by atoms with E-state index in [9.17, 15) is 14.4 Å². The predicted molar refractivity (Wildman–Crippen MR) is 332 cm³/mol. The average Bonchev–Trinajstić information content (AvgIpc) is 1.90. The van der Waals surface area contributed by atoms with Crippen LogP contribution in [0.1, 0.15) is 112 Å². The van der Waals surface area contributed by atoms with Gasteiger partial charge in [0.25, 0.3) is 17.7 Å². The Labute approximate surface area is 521 Å². The number of halogens is 2. The van der Waals surface area contributed by atoms with Crippen LogP contribution < -0.4 is 0 Å². The zero-order valence-corrected chi connectivity index (χ0v) is 50.7. The van der Waals surface area contributed by atoms with Gasteiger partial charge in [0.2, 0.25) is 0 Å². The highest BCUT2D eigenvalue weighted by atomic mass is 79.9. The van der Waals surface area contributed by atoms with Crippen molar-refractivity contribution in [2.75, 3.05) is 0 Å². The van der Waals surface area contributed by atoms with Gasteiger partial charge in [-0.1, -0.05) is 41.9 Å². The van der Waals surface area contributed by atoms with Crippen LogP contribution in [-0.4, -0.2) is 129 Å². The normalized spacial score (nSPS) is 22.9. The molecule has 13 heterocycles. The second-order valence-corrected chi connectivity index (χ2v) is 25.1. The molecule has 3 amide bonds. The molecule has 16 rings (SSSR count). The van der Waals surface area contributed by atoms with Crippen molar-refractivity contribution in [2.45, 2.75) is 120 Å². The maximum Gasteiger partial charge on any atom is 0.273 e. The first-order chi connectivity index (χ1) is 43.1. The summed E-state index contributed by atoms with van der Waals surface area (Å²) in [7, 11) is 0. The van der Waals surface area contributed by atoms with Crippen molar-refractivity contribution >= 4 is 56.4 Å². The molecule has 6 saturated heterocycles. The first kappa shape index (κ1) is 56.9. The molecule has 444 valence electrons. The number of oxazole rings is 1. The summed E-state index contributed by atoms with van der Waals surface area (Å²) in [5.41, 5.74) is 8.44. The van der Waals surface area contributed by atoms with Crippen molar-refractivity contribution < 1.29 is 18.8 Å². The Morgan fingerprint density at radius 1 is 0.534 bits per heavy atom. The number of aromatic nitrogens is 12. The zero-order chi connectivity index (χ0) is 59.8. The third kappa shape index (κ3) is 11.4. The van der Waals surface area contributed by atoms with E-state index in [1.807, 2.05) is 116 Å². The van der Waals surface area contributed by atoms with Crippen LogP contribution in [0, 0.1) is 24.7 Å². The smallest absolute Gasteiger partial charge is 0.273 e. The maximum absolute atomic E-state index is 13.7. The minimum absolute atomic E-state index is 0.0000756. The van der Waals surface area contributed by atoms with Crippen molar-refractivity contribution in [3.05, 3.63) is 214 Å². The summed E-state index contributed by atoms with van der Waals surface area (Å²) in [4.78, 5) is 77.0. The van der Waals surface area contributed by atoms with Crippen LogP contribution in [0.25, 0.3) is 33.9 Å². The molecule has 88 heavy (non-hydrogen) atoms. The summed E-state index contributed by atoms with van der Waals surface area (Å²) in [5, 5.41) is 17.5. The van der Waals surface area contributed by atoms with Gasteiger partial charge < -0.3 is 19.1 Å². The fraction of sp³-hybridized carbons (Fsp3) is 0.328. The summed E-state index contributed by atoms with van der Waals surface area (Å²) in [5.74, 6) is 2.64. The van der Waals surface area contributed by atoms with E-state index in [-0.39, 0.29) is 41.9 Å². The number of benzene rings is 3. The molecule has 21 heteroatoms. The molecule has 10 aromatic rings. The van der Waals surface area contributed by atoms with Crippen LogP contribution in [0.4, 0.5) is 0 Å². The lowest BCUT2D eigenvalue weighted by Gasteiger charge is -2.25. The van der Waals surface area contributed by atoms with E-state index in [0.717, 1.165) is 115 Å². The maximum atomic E-state index is 13.7. The molecule has 3 aromatic carbocycles. The molecule has 0 aliphatic carbocycles. The average molecular weight is 1260 g/mol. The summed E-state index contributed by atoms with van der Waals surface area (Å²) < 4.78 is 6.93. The molecule has 6 aliphatic heterocycles. The Morgan fingerprint density at radius 3 is 1.62 bits per heavy atom. The molecule has 6 bridgehead atoms. The molecule has 0 radical (unpaired) electrons. The molecular formula is C67H63BrClN15O4. The Morgan fingerprint density at radius 2 is 1.07 bits per heavy atom. The summed E-state index contributed by atoms with van der Waals surface area (Å²) in [6.07, 6.45) is 25.5. The monoisotopic (exact) mass is 1260 g/mol. The number of para-hydroxylation sites is 2. The van der Waals surface area contributed by atoms with Gasteiger partial charge in [0.05, 0.1) is 52.9 Å². The molecule has 0 N–H and O–H groups in total. The first-order valence-electron chi connectivity index (χ1n) is 30.3. The second kappa shape index (κ2) is 24.7. The van der Waals surface area contributed by atoms with E-state index in [1.54, 1.807) is 43.2 Å². The van der Waals surface area contributed by atoms with Crippen molar-refractivity contribution in [1.82, 2.24) is 74.6 Å². The van der Waals surface area contributed by atoms with E-state index >= 15 is 0 Å². The van der Waals surface area contributed by atoms with Crippen molar-refractivity contribution in [2.24, 2.45) is 17.8 Å². The number of carbonyl (C=O) groups excluding carboxylic acids is 3. The number of fused-ring (bicyclic) bond motifs is 7. The van der Waals surface area contributed by atoms with Gasteiger partial charge in [-0.3, -0.25) is 24.4 Å². The predicted octanol–water partition coefficient (Wildman–Crippen LogP) is 11.4. The van der Waals surface area contributed by atoms with Crippen LogP contribution in [0.2, 0.25) is 5.02 Å². The number of pyridine rings is 3. The summed E-state index contributed by atoms with van der Waals surface area (Å²) >= 11 is 9.52. The van der Waals surface area contributed by atoms with Crippen LogP contribution in [0.5, 0.6) is 0 Å².